The molecule has 0 radical (unpaired) electrons. The van der Waals surface area contributed by atoms with Crippen molar-refractivity contribution in [3.8, 4) is 5.75 Å². The maximum Gasteiger partial charge on any atom is 0.336 e. The molecule has 0 aliphatic heterocycles. The number of fused-ring (bicyclic) bond motifs is 1. The number of rotatable bonds is 8. The van der Waals surface area contributed by atoms with Crippen LogP contribution in [0, 0.1) is 0 Å². The maximum absolute atomic E-state index is 12.5. The molecule has 1 unspecified atom stereocenters. The summed E-state index contributed by atoms with van der Waals surface area (Å²) in [6.07, 6.45) is -0.156. The molecule has 2 amide bonds. The summed E-state index contributed by atoms with van der Waals surface area (Å²) in [5.74, 6) is -0.494. The average molecular weight is 410 g/mol. The Morgan fingerprint density at radius 1 is 1.13 bits per heavy atom. The smallest absolute Gasteiger partial charge is 0.336 e. The lowest BCUT2D eigenvalue weighted by Crippen LogP contribution is -2.49. The SMILES string of the molecule is COc1ccc2c(CC(=O)NC(CO)C(=O)NCc3ccccc3)cc(=O)oc2c1. The van der Waals surface area contributed by atoms with Gasteiger partial charge in [0.15, 0.2) is 0 Å². The molecule has 0 aliphatic carbocycles. The highest BCUT2D eigenvalue weighted by Crippen LogP contribution is 2.22. The first-order chi connectivity index (χ1) is 14.5. The van der Waals surface area contributed by atoms with Crippen LogP contribution in [0.3, 0.4) is 0 Å². The summed E-state index contributed by atoms with van der Waals surface area (Å²) in [6.45, 7) is -0.278. The molecule has 0 spiro atoms. The van der Waals surface area contributed by atoms with E-state index in [1.165, 1.54) is 13.2 Å². The fraction of sp³-hybridized carbons (Fsp3) is 0.227. The minimum atomic E-state index is -1.10. The minimum absolute atomic E-state index is 0.156. The first-order valence-corrected chi connectivity index (χ1v) is 9.33. The maximum atomic E-state index is 12.5. The molecule has 0 saturated heterocycles. The van der Waals surface area contributed by atoms with Gasteiger partial charge in [-0.3, -0.25) is 9.59 Å². The molecule has 3 aromatic rings. The molecule has 1 atom stereocenters. The van der Waals surface area contributed by atoms with Gasteiger partial charge in [-0.15, -0.1) is 0 Å². The number of nitrogens with one attached hydrogen (secondary N) is 2. The first-order valence-electron chi connectivity index (χ1n) is 9.33. The summed E-state index contributed by atoms with van der Waals surface area (Å²) in [4.78, 5) is 36.6. The molecule has 1 heterocycles. The van der Waals surface area contributed by atoms with Gasteiger partial charge < -0.3 is 24.9 Å². The molecule has 3 rings (SSSR count). The molecular formula is C22H22N2O6. The van der Waals surface area contributed by atoms with Crippen LogP contribution in [0.1, 0.15) is 11.1 Å². The van der Waals surface area contributed by atoms with E-state index in [9.17, 15) is 19.5 Å². The van der Waals surface area contributed by atoms with Crippen LogP contribution in [0.2, 0.25) is 0 Å². The summed E-state index contributed by atoms with van der Waals surface area (Å²) in [6, 6.07) is 14.4. The van der Waals surface area contributed by atoms with Crippen LogP contribution in [0.4, 0.5) is 0 Å². The minimum Gasteiger partial charge on any atom is -0.497 e. The molecule has 0 bridgehead atoms. The van der Waals surface area contributed by atoms with Gasteiger partial charge in [0.25, 0.3) is 0 Å². The third kappa shape index (κ3) is 5.24. The third-order valence-corrected chi connectivity index (χ3v) is 4.53. The molecule has 0 aliphatic rings. The summed E-state index contributed by atoms with van der Waals surface area (Å²) < 4.78 is 10.3. The molecule has 0 fully saturated rings. The second-order valence-electron chi connectivity index (χ2n) is 6.64. The number of ether oxygens (including phenoxy) is 1. The van der Waals surface area contributed by atoms with Crippen LogP contribution in [-0.4, -0.2) is 36.7 Å². The van der Waals surface area contributed by atoms with Crippen molar-refractivity contribution in [2.45, 2.75) is 19.0 Å². The lowest BCUT2D eigenvalue weighted by atomic mass is 10.1. The fourth-order valence-electron chi connectivity index (χ4n) is 3.00. The van der Waals surface area contributed by atoms with Crippen LogP contribution in [-0.2, 0) is 22.6 Å². The highest BCUT2D eigenvalue weighted by atomic mass is 16.5. The van der Waals surface area contributed by atoms with Gasteiger partial charge in [0.2, 0.25) is 11.8 Å². The van der Waals surface area contributed by atoms with Crippen LogP contribution in [0.25, 0.3) is 11.0 Å². The molecule has 2 aromatic carbocycles. The van der Waals surface area contributed by atoms with Gasteiger partial charge >= 0.3 is 5.63 Å². The van der Waals surface area contributed by atoms with Crippen LogP contribution in [0.15, 0.2) is 63.8 Å². The number of hydrogen-bond acceptors (Lipinski definition) is 6. The van der Waals surface area contributed by atoms with E-state index in [2.05, 4.69) is 10.6 Å². The van der Waals surface area contributed by atoms with Crippen molar-refractivity contribution >= 4 is 22.8 Å². The molecule has 0 saturated carbocycles. The summed E-state index contributed by atoms with van der Waals surface area (Å²) >= 11 is 0. The average Bonchev–Trinajstić information content (AvgIpc) is 2.75. The van der Waals surface area contributed by atoms with Crippen molar-refractivity contribution in [2.24, 2.45) is 0 Å². The quantitative estimate of drug-likeness (QED) is 0.480. The van der Waals surface area contributed by atoms with Crippen molar-refractivity contribution in [1.29, 1.82) is 0 Å². The number of amides is 2. The summed E-state index contributed by atoms with van der Waals surface area (Å²) in [5.41, 5.74) is 1.04. The predicted molar refractivity (Wildman–Crippen MR) is 110 cm³/mol. The van der Waals surface area contributed by atoms with Gasteiger partial charge in [-0.2, -0.15) is 0 Å². The van der Waals surface area contributed by atoms with Crippen molar-refractivity contribution in [1.82, 2.24) is 10.6 Å². The summed E-state index contributed by atoms with van der Waals surface area (Å²) in [5, 5.41) is 15.3. The van der Waals surface area contributed by atoms with E-state index in [1.807, 2.05) is 30.3 Å². The zero-order valence-electron chi connectivity index (χ0n) is 16.4. The van der Waals surface area contributed by atoms with Gasteiger partial charge in [0, 0.05) is 24.1 Å². The number of carbonyl (C=O) groups is 2. The first kappa shape index (κ1) is 21.1. The predicted octanol–water partition coefficient (Wildman–Crippen LogP) is 1.14. The second kappa shape index (κ2) is 9.71. The van der Waals surface area contributed by atoms with E-state index >= 15 is 0 Å². The van der Waals surface area contributed by atoms with Crippen LogP contribution >= 0.6 is 0 Å². The molecule has 156 valence electrons. The van der Waals surface area contributed by atoms with Crippen LogP contribution in [0.5, 0.6) is 5.75 Å². The van der Waals surface area contributed by atoms with Gasteiger partial charge in [-0.25, -0.2) is 4.79 Å². The molecule has 30 heavy (non-hydrogen) atoms. The number of hydrogen-bond donors (Lipinski definition) is 3. The highest BCUT2D eigenvalue weighted by Gasteiger charge is 2.20. The molecule has 1 aromatic heterocycles. The van der Waals surface area contributed by atoms with Gasteiger partial charge in [-0.1, -0.05) is 30.3 Å². The van der Waals surface area contributed by atoms with Crippen molar-refractivity contribution < 1.29 is 23.8 Å². The van der Waals surface area contributed by atoms with Crippen molar-refractivity contribution in [2.75, 3.05) is 13.7 Å². The topological polar surface area (TPSA) is 118 Å². The zero-order valence-corrected chi connectivity index (χ0v) is 16.4. The zero-order chi connectivity index (χ0) is 21.5. The Bertz CT molecular complexity index is 1090. The monoisotopic (exact) mass is 410 g/mol. The lowest BCUT2D eigenvalue weighted by molar-refractivity contribution is -0.129. The van der Waals surface area contributed by atoms with E-state index in [0.717, 1.165) is 5.56 Å². The molecule has 3 N–H and O–H groups in total. The van der Waals surface area contributed by atoms with E-state index in [4.69, 9.17) is 9.15 Å². The Labute approximate surface area is 172 Å². The standard InChI is InChI=1S/C22H22N2O6/c1-29-16-7-8-17-15(10-21(27)30-19(17)11-16)9-20(26)24-18(13-25)22(28)23-12-14-5-3-2-4-6-14/h2-8,10-11,18,25H,9,12-13H2,1H3,(H,23,28)(H,24,26). The van der Waals surface area contributed by atoms with E-state index in [-0.39, 0.29) is 13.0 Å². The molecular weight excluding hydrogens is 388 g/mol. The van der Waals surface area contributed by atoms with E-state index in [1.54, 1.807) is 18.2 Å². The van der Waals surface area contributed by atoms with Crippen LogP contribution < -0.4 is 21.0 Å². The second-order valence-corrected chi connectivity index (χ2v) is 6.64. The Morgan fingerprint density at radius 3 is 2.60 bits per heavy atom. The Morgan fingerprint density at radius 2 is 1.90 bits per heavy atom. The number of benzene rings is 2. The highest BCUT2D eigenvalue weighted by molar-refractivity contribution is 5.91. The van der Waals surface area contributed by atoms with Gasteiger partial charge in [0.05, 0.1) is 20.1 Å². The molecule has 8 nitrogen and oxygen atoms in total. The number of carbonyl (C=O) groups excluding carboxylic acids is 2. The van der Waals surface area contributed by atoms with Crippen molar-refractivity contribution in [3.05, 3.63) is 76.1 Å². The lowest BCUT2D eigenvalue weighted by Gasteiger charge is -2.16. The number of methoxy groups -OCH3 is 1. The third-order valence-electron chi connectivity index (χ3n) is 4.53. The summed E-state index contributed by atoms with van der Waals surface area (Å²) in [7, 11) is 1.49. The normalized spacial score (nSPS) is 11.7. The van der Waals surface area contributed by atoms with E-state index in [0.29, 0.717) is 22.3 Å². The van der Waals surface area contributed by atoms with Gasteiger partial charge in [-0.05, 0) is 23.3 Å². The largest absolute Gasteiger partial charge is 0.497 e. The Kier molecular flexibility index (Phi) is 6.82. The Hall–Kier alpha value is -3.65. The number of aliphatic hydroxyl groups is 1. The van der Waals surface area contributed by atoms with E-state index < -0.39 is 30.1 Å². The molecule has 8 heteroatoms. The fourth-order valence-corrected chi connectivity index (χ4v) is 3.00. The van der Waals surface area contributed by atoms with Crippen molar-refractivity contribution in [3.63, 3.8) is 0 Å². The van der Waals surface area contributed by atoms with Gasteiger partial charge in [0.1, 0.15) is 17.4 Å². The Balaban J connectivity index is 1.67. The number of aliphatic hydroxyl groups excluding tert-OH is 1.